The lowest BCUT2D eigenvalue weighted by Gasteiger charge is -2.26. The summed E-state index contributed by atoms with van der Waals surface area (Å²) < 4.78 is 5.46. The topological polar surface area (TPSA) is 61.9 Å². The van der Waals surface area contributed by atoms with E-state index >= 15 is 0 Å². The van der Waals surface area contributed by atoms with Gasteiger partial charge in [-0.2, -0.15) is 0 Å². The zero-order valence-corrected chi connectivity index (χ0v) is 18.9. The Morgan fingerprint density at radius 3 is 2.38 bits per heavy atom. The van der Waals surface area contributed by atoms with Crippen molar-refractivity contribution in [2.45, 2.75) is 45.7 Å². The number of carbonyl (C=O) groups is 2. The Bertz CT molecular complexity index is 905. The van der Waals surface area contributed by atoms with Crippen LogP contribution < -0.4 is 15.0 Å². The highest BCUT2D eigenvalue weighted by atomic mass is 16.5. The molecular weight excluding hydrogens is 402 g/mol. The van der Waals surface area contributed by atoms with Gasteiger partial charge >= 0.3 is 0 Å². The normalized spacial score (nSPS) is 19.2. The smallest absolute Gasteiger partial charge is 0.227 e. The van der Waals surface area contributed by atoms with E-state index in [-0.39, 0.29) is 24.2 Å². The Morgan fingerprint density at radius 2 is 1.69 bits per heavy atom. The van der Waals surface area contributed by atoms with Gasteiger partial charge in [0.05, 0.1) is 12.5 Å². The van der Waals surface area contributed by atoms with Gasteiger partial charge in [0.15, 0.2) is 0 Å². The van der Waals surface area contributed by atoms with Crippen molar-refractivity contribution >= 4 is 17.5 Å². The summed E-state index contributed by atoms with van der Waals surface area (Å²) in [5.74, 6) is 0.368. The molecule has 4 rings (SSSR count). The number of nitrogens with zero attached hydrogens (tertiary/aromatic N) is 2. The van der Waals surface area contributed by atoms with Crippen molar-refractivity contribution in [3.63, 3.8) is 0 Å². The van der Waals surface area contributed by atoms with Gasteiger partial charge in [-0.15, -0.1) is 0 Å². The fraction of sp³-hybridized carbons (Fsp3) is 0.462. The van der Waals surface area contributed by atoms with Crippen LogP contribution in [0.25, 0.3) is 0 Å². The second-order valence-corrected chi connectivity index (χ2v) is 8.70. The van der Waals surface area contributed by atoms with Crippen molar-refractivity contribution in [1.29, 1.82) is 0 Å². The molecule has 0 bridgehead atoms. The molecule has 1 atom stereocenters. The van der Waals surface area contributed by atoms with Crippen LogP contribution in [0.3, 0.4) is 0 Å². The lowest BCUT2D eigenvalue weighted by Crippen LogP contribution is -2.32. The third-order valence-electron chi connectivity index (χ3n) is 6.30. The standard InChI is InChI=1S/C26H33N3O3/c1-2-32-24-12-10-23(11-13-24)29-19-22(16-25(29)30)26(31)27-17-20-6-8-21(9-7-20)18-28-14-4-3-5-15-28/h6-13,22H,2-5,14-19H2,1H3,(H,27,31). The lowest BCUT2D eigenvalue weighted by atomic mass is 10.1. The molecule has 2 fully saturated rings. The highest BCUT2D eigenvalue weighted by Gasteiger charge is 2.35. The van der Waals surface area contributed by atoms with Gasteiger partial charge in [-0.25, -0.2) is 0 Å². The molecular formula is C26H33N3O3. The van der Waals surface area contributed by atoms with Crippen LogP contribution in [-0.4, -0.2) is 43.0 Å². The Labute approximate surface area is 190 Å². The molecule has 2 aromatic rings. The van der Waals surface area contributed by atoms with Crippen LogP contribution in [-0.2, 0) is 22.7 Å². The summed E-state index contributed by atoms with van der Waals surface area (Å²) in [5.41, 5.74) is 3.20. The number of hydrogen-bond acceptors (Lipinski definition) is 4. The number of amides is 2. The van der Waals surface area contributed by atoms with Crippen LogP contribution in [0, 0.1) is 5.92 Å². The number of carbonyl (C=O) groups excluding carboxylic acids is 2. The second-order valence-electron chi connectivity index (χ2n) is 8.70. The summed E-state index contributed by atoms with van der Waals surface area (Å²) in [6, 6.07) is 15.9. The van der Waals surface area contributed by atoms with Gasteiger partial charge in [-0.3, -0.25) is 14.5 Å². The number of hydrogen-bond donors (Lipinski definition) is 1. The molecule has 1 N–H and O–H groups in total. The van der Waals surface area contributed by atoms with Crippen LogP contribution in [0.5, 0.6) is 5.75 Å². The van der Waals surface area contributed by atoms with E-state index in [0.717, 1.165) is 23.5 Å². The van der Waals surface area contributed by atoms with Crippen LogP contribution in [0.2, 0.25) is 0 Å². The van der Waals surface area contributed by atoms with Crippen LogP contribution in [0.15, 0.2) is 48.5 Å². The Morgan fingerprint density at radius 1 is 1.00 bits per heavy atom. The minimum absolute atomic E-state index is 0.0172. The first-order chi connectivity index (χ1) is 15.6. The highest BCUT2D eigenvalue weighted by Crippen LogP contribution is 2.27. The number of benzene rings is 2. The average Bonchev–Trinajstić information content (AvgIpc) is 3.21. The molecule has 170 valence electrons. The number of rotatable bonds is 8. The first-order valence-electron chi connectivity index (χ1n) is 11.7. The molecule has 2 aliphatic rings. The number of ether oxygens (including phenoxy) is 1. The third kappa shape index (κ3) is 5.68. The minimum atomic E-state index is -0.326. The van der Waals surface area contributed by atoms with Gasteiger partial charge in [-0.05, 0) is 68.2 Å². The first-order valence-corrected chi connectivity index (χ1v) is 11.7. The summed E-state index contributed by atoms with van der Waals surface area (Å²) in [6.07, 6.45) is 4.18. The summed E-state index contributed by atoms with van der Waals surface area (Å²) in [6.45, 7) is 6.80. The predicted molar refractivity (Wildman–Crippen MR) is 125 cm³/mol. The Hall–Kier alpha value is -2.86. The maximum Gasteiger partial charge on any atom is 0.227 e. The zero-order chi connectivity index (χ0) is 22.3. The molecule has 6 heteroatoms. The molecule has 0 spiro atoms. The van der Waals surface area contributed by atoms with Crippen molar-refractivity contribution in [2.75, 3.05) is 31.1 Å². The SMILES string of the molecule is CCOc1ccc(N2CC(C(=O)NCc3ccc(CN4CCCCC4)cc3)CC2=O)cc1. The fourth-order valence-electron chi connectivity index (χ4n) is 4.49. The average molecular weight is 436 g/mol. The molecule has 2 saturated heterocycles. The van der Waals surface area contributed by atoms with Gasteiger partial charge in [0.1, 0.15) is 5.75 Å². The number of likely N-dealkylation sites (tertiary alicyclic amines) is 1. The van der Waals surface area contributed by atoms with E-state index in [9.17, 15) is 9.59 Å². The molecule has 2 amide bonds. The van der Waals surface area contributed by atoms with Gasteiger partial charge in [0.25, 0.3) is 0 Å². The maximum atomic E-state index is 12.7. The number of nitrogens with one attached hydrogen (secondary N) is 1. The van der Waals surface area contributed by atoms with Gasteiger partial charge < -0.3 is 15.0 Å². The molecule has 6 nitrogen and oxygen atoms in total. The number of piperidine rings is 1. The molecule has 0 saturated carbocycles. The summed E-state index contributed by atoms with van der Waals surface area (Å²) >= 11 is 0. The van der Waals surface area contributed by atoms with Crippen molar-refractivity contribution in [2.24, 2.45) is 5.92 Å². The van der Waals surface area contributed by atoms with E-state index in [1.54, 1.807) is 4.90 Å². The summed E-state index contributed by atoms with van der Waals surface area (Å²) in [4.78, 5) is 29.4. The van der Waals surface area contributed by atoms with Crippen LogP contribution in [0.4, 0.5) is 5.69 Å². The number of anilines is 1. The fourth-order valence-corrected chi connectivity index (χ4v) is 4.49. The molecule has 2 aromatic carbocycles. The molecule has 2 aliphatic heterocycles. The van der Waals surface area contributed by atoms with E-state index in [2.05, 4.69) is 34.5 Å². The summed E-state index contributed by atoms with van der Waals surface area (Å²) in [5, 5.41) is 3.01. The van der Waals surface area contributed by atoms with Crippen molar-refractivity contribution in [3.8, 4) is 5.75 Å². The molecule has 0 aromatic heterocycles. The second kappa shape index (κ2) is 10.6. The highest BCUT2D eigenvalue weighted by molar-refractivity contribution is 6.00. The lowest BCUT2D eigenvalue weighted by molar-refractivity contribution is -0.126. The van der Waals surface area contributed by atoms with E-state index in [1.807, 2.05) is 31.2 Å². The maximum absolute atomic E-state index is 12.7. The molecule has 0 radical (unpaired) electrons. The monoisotopic (exact) mass is 435 g/mol. The van der Waals surface area contributed by atoms with E-state index in [1.165, 1.54) is 37.9 Å². The van der Waals surface area contributed by atoms with E-state index < -0.39 is 0 Å². The Kier molecular flexibility index (Phi) is 7.43. The Balaban J connectivity index is 1.26. The van der Waals surface area contributed by atoms with Gasteiger partial charge in [0, 0.05) is 31.7 Å². The van der Waals surface area contributed by atoms with Crippen molar-refractivity contribution < 1.29 is 14.3 Å². The summed E-state index contributed by atoms with van der Waals surface area (Å²) in [7, 11) is 0. The first kappa shape index (κ1) is 22.3. The largest absolute Gasteiger partial charge is 0.494 e. The molecule has 1 unspecified atom stereocenters. The van der Waals surface area contributed by atoms with Crippen molar-refractivity contribution in [1.82, 2.24) is 10.2 Å². The van der Waals surface area contributed by atoms with Crippen molar-refractivity contribution in [3.05, 3.63) is 59.7 Å². The minimum Gasteiger partial charge on any atom is -0.494 e. The molecule has 32 heavy (non-hydrogen) atoms. The predicted octanol–water partition coefficient (Wildman–Crippen LogP) is 3.74. The third-order valence-corrected chi connectivity index (χ3v) is 6.30. The zero-order valence-electron chi connectivity index (χ0n) is 18.9. The van der Waals surface area contributed by atoms with Crippen LogP contribution in [0.1, 0.15) is 43.7 Å². The van der Waals surface area contributed by atoms with Gasteiger partial charge in [0.2, 0.25) is 11.8 Å². The molecule has 0 aliphatic carbocycles. The molecule has 2 heterocycles. The van der Waals surface area contributed by atoms with Crippen LogP contribution >= 0.6 is 0 Å². The van der Waals surface area contributed by atoms with E-state index in [4.69, 9.17) is 4.74 Å². The van der Waals surface area contributed by atoms with E-state index in [0.29, 0.717) is 19.7 Å². The van der Waals surface area contributed by atoms with Gasteiger partial charge in [-0.1, -0.05) is 30.7 Å². The quantitative estimate of drug-likeness (QED) is 0.686.